The molecule has 0 saturated carbocycles. The molecule has 0 atom stereocenters. The maximum Gasteiger partial charge on any atom is 0.262 e. The molecule has 4 rings (SSSR count). The van der Waals surface area contributed by atoms with Crippen molar-refractivity contribution >= 4 is 43.0 Å². The van der Waals surface area contributed by atoms with Gasteiger partial charge in [-0.1, -0.05) is 23.8 Å². The van der Waals surface area contributed by atoms with E-state index in [9.17, 15) is 21.6 Å². The lowest BCUT2D eigenvalue weighted by molar-refractivity contribution is 0.102. The maximum atomic E-state index is 13.2. The molecule has 41 heavy (non-hydrogen) atoms. The Balaban J connectivity index is 1.47. The van der Waals surface area contributed by atoms with Crippen LogP contribution in [0.25, 0.3) is 0 Å². The smallest absolute Gasteiger partial charge is 0.262 e. The molecule has 11 heteroatoms. The summed E-state index contributed by atoms with van der Waals surface area (Å²) in [6.45, 7) is 7.75. The van der Waals surface area contributed by atoms with Crippen molar-refractivity contribution in [2.45, 2.75) is 37.5 Å². The maximum absolute atomic E-state index is 13.2. The largest absolute Gasteiger partial charge is 0.494 e. The minimum Gasteiger partial charge on any atom is -0.494 e. The molecule has 9 nitrogen and oxygen atoms in total. The summed E-state index contributed by atoms with van der Waals surface area (Å²) in [4.78, 5) is 13.0. The number of aryl methyl sites for hydroxylation is 3. The highest BCUT2D eigenvalue weighted by Crippen LogP contribution is 2.25. The van der Waals surface area contributed by atoms with Gasteiger partial charge >= 0.3 is 0 Å². The van der Waals surface area contributed by atoms with Crippen molar-refractivity contribution in [3.8, 4) is 5.75 Å². The monoisotopic (exact) mass is 593 g/mol. The summed E-state index contributed by atoms with van der Waals surface area (Å²) in [5, 5.41) is 2.68. The summed E-state index contributed by atoms with van der Waals surface area (Å²) in [5.41, 5.74) is 3.57. The number of hydrogen-bond acceptors (Lipinski definition) is 6. The second-order valence-electron chi connectivity index (χ2n) is 9.45. The predicted molar refractivity (Wildman–Crippen MR) is 161 cm³/mol. The van der Waals surface area contributed by atoms with Gasteiger partial charge < -0.3 is 10.1 Å². The van der Waals surface area contributed by atoms with Crippen LogP contribution in [-0.4, -0.2) is 29.3 Å². The summed E-state index contributed by atoms with van der Waals surface area (Å²) in [6.07, 6.45) is 0. The van der Waals surface area contributed by atoms with Crippen molar-refractivity contribution in [3.63, 3.8) is 0 Å². The number of hydrogen-bond donors (Lipinski definition) is 3. The van der Waals surface area contributed by atoms with Crippen LogP contribution in [0.15, 0.2) is 94.7 Å². The van der Waals surface area contributed by atoms with Gasteiger partial charge in [-0.15, -0.1) is 0 Å². The molecule has 0 heterocycles. The molecule has 4 aromatic rings. The normalized spacial score (nSPS) is 11.5. The molecular weight excluding hydrogens is 562 g/mol. The van der Waals surface area contributed by atoms with Crippen LogP contribution in [0.2, 0.25) is 0 Å². The van der Waals surface area contributed by atoms with Crippen molar-refractivity contribution in [2.75, 3.05) is 21.4 Å². The summed E-state index contributed by atoms with van der Waals surface area (Å²) in [5.74, 6) is 0.0857. The van der Waals surface area contributed by atoms with E-state index in [1.54, 1.807) is 43.3 Å². The lowest BCUT2D eigenvalue weighted by atomic mass is 10.1. The molecule has 0 saturated heterocycles. The lowest BCUT2D eigenvalue weighted by Gasteiger charge is -2.14. The Bertz CT molecular complexity index is 1790. The average Bonchev–Trinajstić information content (AvgIpc) is 2.92. The zero-order chi connectivity index (χ0) is 29.8. The molecule has 0 unspecified atom stereocenters. The van der Waals surface area contributed by atoms with E-state index >= 15 is 0 Å². The Kier molecular flexibility index (Phi) is 8.69. The van der Waals surface area contributed by atoms with Gasteiger partial charge in [-0.25, -0.2) is 16.8 Å². The molecule has 0 bridgehead atoms. The minimum absolute atomic E-state index is 0.00516. The van der Waals surface area contributed by atoms with Crippen molar-refractivity contribution < 1.29 is 26.4 Å². The Labute approximate surface area is 240 Å². The summed E-state index contributed by atoms with van der Waals surface area (Å²) >= 11 is 0. The zero-order valence-electron chi connectivity index (χ0n) is 23.1. The van der Waals surface area contributed by atoms with Crippen LogP contribution in [-0.2, 0) is 20.0 Å². The standard InChI is InChI=1S/C30H31N3O6S2/c1-5-39-26-13-9-25(10-14-26)32-40(35,36)27-15-11-24(12-16-27)31-30(34)23-8-7-21(3)29(19-23)41(37,38)33-28-17-6-20(2)18-22(28)4/h6-19,32-33H,5H2,1-4H3,(H,31,34). The van der Waals surface area contributed by atoms with Crippen molar-refractivity contribution in [3.05, 3.63) is 107 Å². The fourth-order valence-electron chi connectivity index (χ4n) is 4.08. The Morgan fingerprint density at radius 2 is 1.37 bits per heavy atom. The molecule has 1 amide bonds. The third-order valence-corrected chi connectivity index (χ3v) is 9.11. The van der Waals surface area contributed by atoms with Gasteiger partial charge in [0.15, 0.2) is 0 Å². The Morgan fingerprint density at radius 1 is 0.707 bits per heavy atom. The molecule has 214 valence electrons. The van der Waals surface area contributed by atoms with Gasteiger partial charge in [-0.3, -0.25) is 14.2 Å². The first-order valence-corrected chi connectivity index (χ1v) is 15.7. The van der Waals surface area contributed by atoms with E-state index in [4.69, 9.17) is 4.74 Å². The number of carbonyl (C=O) groups is 1. The van der Waals surface area contributed by atoms with Crippen molar-refractivity contribution in [2.24, 2.45) is 0 Å². The van der Waals surface area contributed by atoms with Gasteiger partial charge in [0.2, 0.25) is 0 Å². The molecular formula is C30H31N3O6S2. The number of benzene rings is 4. The quantitative estimate of drug-likeness (QED) is 0.211. The third-order valence-electron chi connectivity index (χ3n) is 6.21. The molecule has 0 spiro atoms. The van der Waals surface area contributed by atoms with Gasteiger partial charge in [0.1, 0.15) is 5.75 Å². The number of amides is 1. The lowest BCUT2D eigenvalue weighted by Crippen LogP contribution is -2.17. The van der Waals surface area contributed by atoms with Gasteiger partial charge in [-0.05, 0) is 106 Å². The minimum atomic E-state index is -3.97. The van der Waals surface area contributed by atoms with Crippen molar-refractivity contribution in [1.82, 2.24) is 0 Å². The summed E-state index contributed by atoms with van der Waals surface area (Å²) in [6, 6.07) is 22.0. The Morgan fingerprint density at radius 3 is 2.00 bits per heavy atom. The van der Waals surface area contributed by atoms with E-state index in [1.165, 1.54) is 36.4 Å². The topological polar surface area (TPSA) is 131 Å². The van der Waals surface area contributed by atoms with Crippen LogP contribution in [0.3, 0.4) is 0 Å². The first kappa shape index (κ1) is 29.6. The number of carbonyl (C=O) groups excluding carboxylic acids is 1. The second-order valence-corrected chi connectivity index (χ2v) is 12.8. The molecule has 4 aromatic carbocycles. The summed E-state index contributed by atoms with van der Waals surface area (Å²) in [7, 11) is -7.84. The van der Waals surface area contributed by atoms with Crippen LogP contribution in [0.1, 0.15) is 34.0 Å². The van der Waals surface area contributed by atoms with Gasteiger partial charge in [0, 0.05) is 16.9 Å². The number of nitrogens with one attached hydrogen (secondary N) is 3. The SMILES string of the molecule is CCOc1ccc(NS(=O)(=O)c2ccc(NC(=O)c3ccc(C)c(S(=O)(=O)Nc4ccc(C)cc4C)c3)cc2)cc1. The Hall–Kier alpha value is -4.35. The molecule has 0 aliphatic carbocycles. The molecule has 0 aliphatic rings. The van der Waals surface area contributed by atoms with E-state index < -0.39 is 26.0 Å². The van der Waals surface area contributed by atoms with Crippen LogP contribution >= 0.6 is 0 Å². The first-order valence-electron chi connectivity index (χ1n) is 12.8. The number of anilines is 3. The van der Waals surface area contributed by atoms with E-state index in [0.717, 1.165) is 11.1 Å². The fourth-order valence-corrected chi connectivity index (χ4v) is 6.54. The number of ether oxygens (including phenoxy) is 1. The van der Waals surface area contributed by atoms with E-state index in [-0.39, 0.29) is 15.4 Å². The third kappa shape index (κ3) is 7.24. The van der Waals surface area contributed by atoms with Crippen molar-refractivity contribution in [1.29, 1.82) is 0 Å². The fraction of sp³-hybridized carbons (Fsp3) is 0.167. The van der Waals surface area contributed by atoms with Gasteiger partial charge in [0.25, 0.3) is 26.0 Å². The molecule has 0 aromatic heterocycles. The average molecular weight is 594 g/mol. The predicted octanol–water partition coefficient (Wildman–Crippen LogP) is 5.86. The second kappa shape index (κ2) is 12.0. The molecule has 0 aliphatic heterocycles. The highest BCUT2D eigenvalue weighted by Gasteiger charge is 2.21. The molecule has 0 fully saturated rings. The number of sulfonamides is 2. The molecule has 3 N–H and O–H groups in total. The van der Waals surface area contributed by atoms with Gasteiger partial charge in [-0.2, -0.15) is 0 Å². The molecule has 0 radical (unpaired) electrons. The van der Waals surface area contributed by atoms with E-state index in [2.05, 4.69) is 14.8 Å². The number of rotatable bonds is 10. The van der Waals surface area contributed by atoms with Crippen LogP contribution in [0, 0.1) is 20.8 Å². The van der Waals surface area contributed by atoms with Crippen LogP contribution in [0.4, 0.5) is 17.1 Å². The highest BCUT2D eigenvalue weighted by molar-refractivity contribution is 7.93. The first-order chi connectivity index (χ1) is 19.4. The highest BCUT2D eigenvalue weighted by atomic mass is 32.2. The van der Waals surface area contributed by atoms with Crippen LogP contribution < -0.4 is 19.5 Å². The summed E-state index contributed by atoms with van der Waals surface area (Å²) < 4.78 is 62.5. The van der Waals surface area contributed by atoms with E-state index in [1.807, 2.05) is 32.9 Å². The van der Waals surface area contributed by atoms with E-state index in [0.29, 0.717) is 35.0 Å². The van der Waals surface area contributed by atoms with Gasteiger partial charge in [0.05, 0.1) is 22.1 Å². The zero-order valence-corrected chi connectivity index (χ0v) is 24.7. The van der Waals surface area contributed by atoms with Crippen LogP contribution in [0.5, 0.6) is 5.75 Å².